The minimum atomic E-state index is -0.137. The molecule has 1 heterocycles. The van der Waals surface area contributed by atoms with Gasteiger partial charge in [-0.1, -0.05) is 12.1 Å². The molecule has 0 unspecified atom stereocenters. The van der Waals surface area contributed by atoms with Gasteiger partial charge in [-0.15, -0.1) is 0 Å². The van der Waals surface area contributed by atoms with Crippen molar-refractivity contribution in [1.82, 2.24) is 0 Å². The summed E-state index contributed by atoms with van der Waals surface area (Å²) >= 11 is 3.39. The zero-order valence-corrected chi connectivity index (χ0v) is 11.3. The average molecular weight is 297 g/mol. The van der Waals surface area contributed by atoms with Crippen molar-refractivity contribution in [2.45, 2.75) is 20.0 Å². The number of furan rings is 1. The summed E-state index contributed by atoms with van der Waals surface area (Å²) in [5.41, 5.74) is 0.695. The van der Waals surface area contributed by atoms with Crippen LogP contribution < -0.4 is 0 Å². The highest BCUT2D eigenvalue weighted by Gasteiger charge is 2.14. The number of hydrogen-bond acceptors (Lipinski definition) is 3. The lowest BCUT2D eigenvalue weighted by molar-refractivity contribution is 0.0564. The summed E-state index contributed by atoms with van der Waals surface area (Å²) in [6, 6.07) is 7.43. The minimum Gasteiger partial charge on any atom is -0.452 e. The topological polar surface area (TPSA) is 39.4 Å². The van der Waals surface area contributed by atoms with Gasteiger partial charge in [0, 0.05) is 5.39 Å². The lowest BCUT2D eigenvalue weighted by Crippen LogP contribution is -2.12. The number of benzene rings is 1. The molecule has 4 heteroatoms. The maximum Gasteiger partial charge on any atom is 0.223 e. The second-order valence-corrected chi connectivity index (χ2v) is 4.91. The highest BCUT2D eigenvalue weighted by atomic mass is 79.9. The molecule has 3 nitrogen and oxygen atoms in total. The third kappa shape index (κ3) is 2.76. The predicted molar refractivity (Wildman–Crippen MR) is 69.3 cm³/mol. The van der Waals surface area contributed by atoms with Crippen molar-refractivity contribution in [3.63, 3.8) is 0 Å². The van der Waals surface area contributed by atoms with Crippen molar-refractivity contribution in [3.05, 3.63) is 34.5 Å². The standard InChI is InChI=1S/C13H13BrO3/c1-8(2)16-7-11(15)12-6-9-4-3-5-10(14)13(9)17-12/h3-6,8H,7H2,1-2H3. The highest BCUT2D eigenvalue weighted by Crippen LogP contribution is 2.27. The van der Waals surface area contributed by atoms with E-state index in [1.54, 1.807) is 6.07 Å². The summed E-state index contributed by atoms with van der Waals surface area (Å²) in [6.45, 7) is 3.83. The minimum absolute atomic E-state index is 0.0371. The molecule has 0 fully saturated rings. The molecule has 0 radical (unpaired) electrons. The Kier molecular flexibility index (Phi) is 3.64. The van der Waals surface area contributed by atoms with Crippen LogP contribution in [0.5, 0.6) is 0 Å². The van der Waals surface area contributed by atoms with Crippen LogP contribution in [-0.2, 0) is 4.74 Å². The summed E-state index contributed by atoms with van der Waals surface area (Å²) in [4.78, 5) is 11.8. The van der Waals surface area contributed by atoms with E-state index in [2.05, 4.69) is 15.9 Å². The van der Waals surface area contributed by atoms with E-state index in [-0.39, 0.29) is 18.5 Å². The highest BCUT2D eigenvalue weighted by molar-refractivity contribution is 9.10. The third-order valence-corrected chi connectivity index (χ3v) is 2.94. The van der Waals surface area contributed by atoms with E-state index in [0.717, 1.165) is 9.86 Å². The molecule has 2 rings (SSSR count). The molecule has 90 valence electrons. The number of rotatable bonds is 4. The number of hydrogen-bond donors (Lipinski definition) is 0. The Morgan fingerprint density at radius 2 is 2.24 bits per heavy atom. The predicted octanol–water partition coefficient (Wildman–Crippen LogP) is 3.80. The number of ether oxygens (including phenoxy) is 1. The van der Waals surface area contributed by atoms with Gasteiger partial charge in [-0.2, -0.15) is 0 Å². The molecule has 0 amide bonds. The summed E-state index contributed by atoms with van der Waals surface area (Å²) < 4.78 is 11.6. The van der Waals surface area contributed by atoms with Crippen LogP contribution in [0.1, 0.15) is 24.4 Å². The molecule has 1 aromatic heterocycles. The molecule has 0 bridgehead atoms. The van der Waals surface area contributed by atoms with Crippen molar-refractivity contribution < 1.29 is 13.9 Å². The lowest BCUT2D eigenvalue weighted by atomic mass is 10.2. The molecule has 17 heavy (non-hydrogen) atoms. The van der Waals surface area contributed by atoms with E-state index >= 15 is 0 Å². The Balaban J connectivity index is 2.24. The second-order valence-electron chi connectivity index (χ2n) is 4.05. The summed E-state index contributed by atoms with van der Waals surface area (Å²) in [5, 5.41) is 0.910. The largest absolute Gasteiger partial charge is 0.452 e. The molecule has 0 atom stereocenters. The average Bonchev–Trinajstić information content (AvgIpc) is 2.71. The van der Waals surface area contributed by atoms with Gasteiger partial charge in [0.25, 0.3) is 0 Å². The van der Waals surface area contributed by atoms with Crippen molar-refractivity contribution in [1.29, 1.82) is 0 Å². The molecule has 2 aromatic rings. The molecular weight excluding hydrogens is 284 g/mol. The molecule has 0 saturated carbocycles. The molecule has 0 aliphatic rings. The number of halogens is 1. The van der Waals surface area contributed by atoms with Gasteiger partial charge in [-0.05, 0) is 41.9 Å². The van der Waals surface area contributed by atoms with Crippen LogP contribution in [0.3, 0.4) is 0 Å². The Morgan fingerprint density at radius 1 is 1.47 bits per heavy atom. The molecule has 0 spiro atoms. The quantitative estimate of drug-likeness (QED) is 0.806. The Bertz CT molecular complexity index is 543. The smallest absolute Gasteiger partial charge is 0.223 e. The fraction of sp³-hybridized carbons (Fsp3) is 0.308. The first-order valence-electron chi connectivity index (χ1n) is 5.41. The van der Waals surface area contributed by atoms with E-state index in [1.165, 1.54) is 0 Å². The Labute approximate surface area is 108 Å². The van der Waals surface area contributed by atoms with E-state index in [1.807, 2.05) is 32.0 Å². The van der Waals surface area contributed by atoms with Crippen LogP contribution in [0, 0.1) is 0 Å². The van der Waals surface area contributed by atoms with Crippen LogP contribution in [-0.4, -0.2) is 18.5 Å². The fourth-order valence-electron chi connectivity index (χ4n) is 1.48. The zero-order chi connectivity index (χ0) is 12.4. The number of carbonyl (C=O) groups excluding carboxylic acids is 1. The van der Waals surface area contributed by atoms with Crippen molar-refractivity contribution in [2.24, 2.45) is 0 Å². The second kappa shape index (κ2) is 5.02. The molecule has 1 aromatic carbocycles. The number of Topliss-reactive ketones (excluding diaryl/α,β-unsaturated/α-hetero) is 1. The van der Waals surface area contributed by atoms with Gasteiger partial charge in [0.05, 0.1) is 10.6 Å². The first-order chi connectivity index (χ1) is 8.08. The maximum atomic E-state index is 11.8. The van der Waals surface area contributed by atoms with Crippen LogP contribution in [0.2, 0.25) is 0 Å². The molecule has 0 aliphatic heterocycles. The molecule has 0 N–H and O–H groups in total. The Hall–Kier alpha value is -1.13. The van der Waals surface area contributed by atoms with E-state index < -0.39 is 0 Å². The van der Waals surface area contributed by atoms with Crippen LogP contribution in [0.25, 0.3) is 11.0 Å². The van der Waals surface area contributed by atoms with Gasteiger partial charge >= 0.3 is 0 Å². The number of para-hydroxylation sites is 1. The van der Waals surface area contributed by atoms with Crippen LogP contribution in [0.15, 0.2) is 33.2 Å². The van der Waals surface area contributed by atoms with Crippen LogP contribution >= 0.6 is 15.9 Å². The number of fused-ring (bicyclic) bond motifs is 1. The van der Waals surface area contributed by atoms with Crippen molar-refractivity contribution >= 4 is 32.7 Å². The van der Waals surface area contributed by atoms with Crippen LogP contribution in [0.4, 0.5) is 0 Å². The van der Waals surface area contributed by atoms with Gasteiger partial charge < -0.3 is 9.15 Å². The van der Waals surface area contributed by atoms with Gasteiger partial charge in [0.2, 0.25) is 5.78 Å². The van der Waals surface area contributed by atoms with E-state index in [9.17, 15) is 4.79 Å². The Morgan fingerprint density at radius 3 is 2.88 bits per heavy atom. The van der Waals surface area contributed by atoms with Gasteiger partial charge in [0.15, 0.2) is 5.76 Å². The lowest BCUT2D eigenvalue weighted by Gasteiger charge is -2.04. The van der Waals surface area contributed by atoms with Crippen molar-refractivity contribution in [3.8, 4) is 0 Å². The molecule has 0 aliphatic carbocycles. The first kappa shape index (κ1) is 12.3. The van der Waals surface area contributed by atoms with Crippen molar-refractivity contribution in [2.75, 3.05) is 6.61 Å². The molecule has 0 saturated heterocycles. The summed E-state index contributed by atoms with van der Waals surface area (Å²) in [7, 11) is 0. The fourth-order valence-corrected chi connectivity index (χ4v) is 1.94. The maximum absolute atomic E-state index is 11.8. The summed E-state index contributed by atoms with van der Waals surface area (Å²) in [6.07, 6.45) is 0.0371. The normalized spacial score (nSPS) is 11.3. The number of ketones is 1. The van der Waals surface area contributed by atoms with E-state index in [4.69, 9.17) is 9.15 Å². The zero-order valence-electron chi connectivity index (χ0n) is 9.70. The first-order valence-corrected chi connectivity index (χ1v) is 6.20. The SMILES string of the molecule is CC(C)OCC(=O)c1cc2cccc(Br)c2o1. The third-order valence-electron chi connectivity index (χ3n) is 2.32. The molecular formula is C13H13BrO3. The van der Waals surface area contributed by atoms with E-state index in [0.29, 0.717) is 11.3 Å². The summed E-state index contributed by atoms with van der Waals surface area (Å²) in [5.74, 6) is 0.203. The monoisotopic (exact) mass is 296 g/mol. The number of carbonyl (C=O) groups is 1. The van der Waals surface area contributed by atoms with Gasteiger partial charge in [-0.3, -0.25) is 4.79 Å². The van der Waals surface area contributed by atoms with Gasteiger partial charge in [-0.25, -0.2) is 0 Å². The van der Waals surface area contributed by atoms with Gasteiger partial charge in [0.1, 0.15) is 12.2 Å².